The van der Waals surface area contributed by atoms with E-state index in [1.165, 1.54) is 4.90 Å². The van der Waals surface area contributed by atoms with Crippen molar-refractivity contribution in [3.63, 3.8) is 0 Å². The smallest absolute Gasteiger partial charge is 0.326 e. The van der Waals surface area contributed by atoms with Crippen LogP contribution < -0.4 is 0 Å². The Morgan fingerprint density at radius 2 is 2.09 bits per heavy atom. The Hall–Kier alpha value is -1.82. The molecule has 116 valence electrons. The molecule has 0 spiro atoms. The number of hydrogen-bond donors (Lipinski definition) is 1. The van der Waals surface area contributed by atoms with Gasteiger partial charge in [-0.25, -0.2) is 4.79 Å². The van der Waals surface area contributed by atoms with Crippen LogP contribution in [-0.4, -0.2) is 34.5 Å². The van der Waals surface area contributed by atoms with Gasteiger partial charge in [0.05, 0.1) is 4.47 Å². The largest absolute Gasteiger partial charge is 0.480 e. The summed E-state index contributed by atoms with van der Waals surface area (Å²) in [6.07, 6.45) is 2.13. The van der Waals surface area contributed by atoms with E-state index in [9.17, 15) is 14.7 Å². The van der Waals surface area contributed by atoms with Crippen LogP contribution in [0.3, 0.4) is 0 Å². The topological polar surface area (TPSA) is 70.8 Å². The summed E-state index contributed by atoms with van der Waals surface area (Å²) in [4.78, 5) is 25.4. The Balaban J connectivity index is 1.97. The second-order valence-corrected chi connectivity index (χ2v) is 6.48. The number of benzene rings is 1. The Morgan fingerprint density at radius 1 is 1.32 bits per heavy atom. The summed E-state index contributed by atoms with van der Waals surface area (Å²) in [6.45, 7) is 2.41. The van der Waals surface area contributed by atoms with Gasteiger partial charge in [-0.15, -0.1) is 0 Å². The SMILES string of the molecule is Cc1cc(Br)c2oc(C(=O)N3CCCC[C@@H]3C(=O)O)cc2c1. The van der Waals surface area contributed by atoms with Crippen LogP contribution >= 0.6 is 15.9 Å². The van der Waals surface area contributed by atoms with Gasteiger partial charge >= 0.3 is 5.97 Å². The highest BCUT2D eigenvalue weighted by atomic mass is 79.9. The molecule has 0 aliphatic carbocycles. The Morgan fingerprint density at radius 3 is 2.82 bits per heavy atom. The summed E-state index contributed by atoms with van der Waals surface area (Å²) in [5, 5.41) is 10.1. The number of piperidine rings is 1. The van der Waals surface area contributed by atoms with Gasteiger partial charge in [-0.1, -0.05) is 0 Å². The number of carboxylic acid groups (broad SMARTS) is 1. The van der Waals surface area contributed by atoms with Crippen LogP contribution in [-0.2, 0) is 4.79 Å². The predicted octanol–water partition coefficient (Wildman–Crippen LogP) is 3.58. The minimum absolute atomic E-state index is 0.189. The van der Waals surface area contributed by atoms with Crippen LogP contribution in [0.5, 0.6) is 0 Å². The number of hydrogen-bond acceptors (Lipinski definition) is 3. The first kappa shape index (κ1) is 15.1. The first-order chi connectivity index (χ1) is 10.5. The second-order valence-electron chi connectivity index (χ2n) is 5.62. The van der Waals surface area contributed by atoms with Crippen molar-refractivity contribution < 1.29 is 19.1 Å². The molecule has 0 bridgehead atoms. The van der Waals surface area contributed by atoms with Crippen molar-refractivity contribution in [2.75, 3.05) is 6.54 Å². The molecule has 6 heteroatoms. The van der Waals surface area contributed by atoms with Gasteiger partial charge in [0.15, 0.2) is 5.76 Å². The highest BCUT2D eigenvalue weighted by molar-refractivity contribution is 9.10. The van der Waals surface area contributed by atoms with E-state index in [0.717, 1.165) is 28.3 Å². The van der Waals surface area contributed by atoms with Gasteiger partial charge in [0.1, 0.15) is 11.6 Å². The summed E-state index contributed by atoms with van der Waals surface area (Å²) in [5.41, 5.74) is 1.67. The quantitative estimate of drug-likeness (QED) is 0.882. The molecule has 5 nitrogen and oxygen atoms in total. The minimum atomic E-state index is -0.957. The lowest BCUT2D eigenvalue weighted by atomic mass is 10.0. The van der Waals surface area contributed by atoms with Crippen molar-refractivity contribution in [1.29, 1.82) is 0 Å². The standard InChI is InChI=1S/C16H16BrNO4/c1-9-6-10-8-13(22-14(10)11(17)7-9)15(19)18-5-3-2-4-12(18)16(20)21/h6-8,12H,2-5H2,1H3,(H,20,21)/t12-/m1/s1. The van der Waals surface area contributed by atoms with E-state index in [1.54, 1.807) is 6.07 Å². The summed E-state index contributed by atoms with van der Waals surface area (Å²) in [7, 11) is 0. The lowest BCUT2D eigenvalue weighted by Crippen LogP contribution is -2.47. The molecule has 22 heavy (non-hydrogen) atoms. The van der Waals surface area contributed by atoms with E-state index < -0.39 is 12.0 Å². The lowest BCUT2D eigenvalue weighted by Gasteiger charge is -2.32. The summed E-state index contributed by atoms with van der Waals surface area (Å²) < 4.78 is 6.45. The normalized spacial score (nSPS) is 18.6. The third-order valence-corrected chi connectivity index (χ3v) is 4.56. The molecule has 2 heterocycles. The van der Waals surface area contributed by atoms with Crippen molar-refractivity contribution >= 4 is 38.8 Å². The Kier molecular flexibility index (Phi) is 3.95. The number of aryl methyl sites for hydroxylation is 1. The number of halogens is 1. The fraction of sp³-hybridized carbons (Fsp3) is 0.375. The number of amides is 1. The zero-order valence-corrected chi connectivity index (χ0v) is 13.7. The molecule has 1 aromatic heterocycles. The maximum absolute atomic E-state index is 12.6. The summed E-state index contributed by atoms with van der Waals surface area (Å²) in [6, 6.07) is 4.77. The van der Waals surface area contributed by atoms with Gasteiger partial charge in [0.25, 0.3) is 5.91 Å². The van der Waals surface area contributed by atoms with Crippen molar-refractivity contribution in [2.45, 2.75) is 32.2 Å². The molecule has 0 saturated carbocycles. The monoisotopic (exact) mass is 365 g/mol. The third kappa shape index (κ3) is 2.63. The number of nitrogens with zero attached hydrogens (tertiary/aromatic N) is 1. The number of carbonyl (C=O) groups is 2. The average Bonchev–Trinajstić information content (AvgIpc) is 2.90. The molecule has 1 saturated heterocycles. The molecular weight excluding hydrogens is 350 g/mol. The van der Waals surface area contributed by atoms with Gasteiger partial charge in [-0.3, -0.25) is 4.79 Å². The van der Waals surface area contributed by atoms with Crippen molar-refractivity contribution in [1.82, 2.24) is 4.90 Å². The number of furan rings is 1. The van der Waals surface area contributed by atoms with Crippen LogP contribution in [0.25, 0.3) is 11.0 Å². The summed E-state index contributed by atoms with van der Waals surface area (Å²) >= 11 is 3.43. The highest BCUT2D eigenvalue weighted by Crippen LogP contribution is 2.30. The van der Waals surface area contributed by atoms with Crippen molar-refractivity contribution in [2.24, 2.45) is 0 Å². The van der Waals surface area contributed by atoms with Gasteiger partial charge in [-0.05, 0) is 65.9 Å². The fourth-order valence-corrected chi connectivity index (χ4v) is 3.60. The molecule has 1 atom stereocenters. The third-order valence-electron chi connectivity index (χ3n) is 3.97. The molecule has 0 unspecified atom stereocenters. The van der Waals surface area contributed by atoms with E-state index in [0.29, 0.717) is 18.5 Å². The number of carboxylic acids is 1. The van der Waals surface area contributed by atoms with E-state index >= 15 is 0 Å². The number of rotatable bonds is 2. The fourth-order valence-electron chi connectivity index (χ4n) is 2.93. The van der Waals surface area contributed by atoms with E-state index in [-0.39, 0.29) is 11.7 Å². The van der Waals surface area contributed by atoms with Gasteiger partial charge in [-0.2, -0.15) is 0 Å². The van der Waals surface area contributed by atoms with E-state index in [1.807, 2.05) is 19.1 Å². The zero-order valence-electron chi connectivity index (χ0n) is 12.1. The molecular formula is C16H16BrNO4. The van der Waals surface area contributed by atoms with Crippen molar-refractivity contribution in [3.8, 4) is 0 Å². The molecule has 1 amide bonds. The van der Waals surface area contributed by atoms with E-state index in [2.05, 4.69) is 15.9 Å². The first-order valence-corrected chi connectivity index (χ1v) is 8.00. The number of likely N-dealkylation sites (tertiary alicyclic amines) is 1. The molecule has 3 rings (SSSR count). The molecule has 0 radical (unpaired) electrons. The number of aliphatic carboxylic acids is 1. The molecule has 1 N–H and O–H groups in total. The Labute approximate surface area is 136 Å². The van der Waals surface area contributed by atoms with Gasteiger partial charge in [0, 0.05) is 11.9 Å². The maximum Gasteiger partial charge on any atom is 0.326 e. The van der Waals surface area contributed by atoms with Gasteiger partial charge in [0.2, 0.25) is 0 Å². The van der Waals surface area contributed by atoms with Gasteiger partial charge < -0.3 is 14.4 Å². The average molecular weight is 366 g/mol. The molecule has 1 aliphatic rings. The first-order valence-electron chi connectivity index (χ1n) is 7.21. The van der Waals surface area contributed by atoms with Crippen molar-refractivity contribution in [3.05, 3.63) is 34.0 Å². The van der Waals surface area contributed by atoms with Crippen LogP contribution in [0.15, 0.2) is 27.1 Å². The Bertz CT molecular complexity index is 752. The number of fused-ring (bicyclic) bond motifs is 1. The molecule has 1 aromatic carbocycles. The minimum Gasteiger partial charge on any atom is -0.480 e. The van der Waals surface area contributed by atoms with Crippen LogP contribution in [0, 0.1) is 6.92 Å². The lowest BCUT2D eigenvalue weighted by molar-refractivity contribution is -0.143. The molecule has 2 aromatic rings. The summed E-state index contributed by atoms with van der Waals surface area (Å²) in [5.74, 6) is -1.12. The zero-order chi connectivity index (χ0) is 15.9. The van der Waals surface area contributed by atoms with Crippen LogP contribution in [0.2, 0.25) is 0 Å². The van der Waals surface area contributed by atoms with Crippen LogP contribution in [0.1, 0.15) is 35.4 Å². The number of carbonyl (C=O) groups excluding carboxylic acids is 1. The maximum atomic E-state index is 12.6. The predicted molar refractivity (Wildman–Crippen MR) is 85.0 cm³/mol. The second kappa shape index (κ2) is 5.76. The van der Waals surface area contributed by atoms with Crippen LogP contribution in [0.4, 0.5) is 0 Å². The molecule has 1 aliphatic heterocycles. The van der Waals surface area contributed by atoms with E-state index in [4.69, 9.17) is 4.42 Å². The molecule has 1 fully saturated rings. The highest BCUT2D eigenvalue weighted by Gasteiger charge is 2.33.